The van der Waals surface area contributed by atoms with Crippen molar-refractivity contribution in [2.24, 2.45) is 0 Å². The van der Waals surface area contributed by atoms with Gasteiger partial charge >= 0.3 is 9.76 Å². The van der Waals surface area contributed by atoms with E-state index in [1.807, 2.05) is 0 Å². The molecule has 0 fully saturated rings. The van der Waals surface area contributed by atoms with Crippen LogP contribution in [0.5, 0.6) is 0 Å². The molecule has 0 N–H and O–H groups in total. The summed E-state index contributed by atoms with van der Waals surface area (Å²) in [7, 11) is -0.157. The largest absolute Gasteiger partial charge is 0.539 e. The summed E-state index contributed by atoms with van der Waals surface area (Å²) in [5.41, 5.74) is -0.814. The highest BCUT2D eigenvalue weighted by Crippen LogP contribution is 2.41. The van der Waals surface area contributed by atoms with Gasteiger partial charge in [-0.3, -0.25) is 0 Å². The van der Waals surface area contributed by atoms with Crippen molar-refractivity contribution in [2.45, 2.75) is 5.54 Å². The predicted octanol–water partition coefficient (Wildman–Crippen LogP) is 3.66. The van der Waals surface area contributed by atoms with Gasteiger partial charge in [0.05, 0.1) is 5.56 Å². The SMILES string of the molecule is Fc1c(F)c(F)c(C2=C3C=CC=CC3[Si]O2)c(F)c1F. The molecule has 1 aliphatic carbocycles. The monoisotopic (exact) mass is 300 g/mol. The molecule has 2 aliphatic rings. The number of rotatable bonds is 1. The molecular weight excluding hydrogens is 295 g/mol. The maximum atomic E-state index is 13.7. The summed E-state index contributed by atoms with van der Waals surface area (Å²) in [6, 6.07) is 0. The van der Waals surface area contributed by atoms with Gasteiger partial charge in [0.25, 0.3) is 0 Å². The van der Waals surface area contributed by atoms with Crippen molar-refractivity contribution in [3.05, 3.63) is 64.5 Å². The van der Waals surface area contributed by atoms with E-state index in [1.54, 1.807) is 18.2 Å². The van der Waals surface area contributed by atoms with E-state index >= 15 is 0 Å². The van der Waals surface area contributed by atoms with Gasteiger partial charge in [0, 0.05) is 11.1 Å². The molecule has 1 atom stereocenters. The van der Waals surface area contributed by atoms with Gasteiger partial charge in [-0.1, -0.05) is 24.3 Å². The molecule has 7 heteroatoms. The molecule has 1 aromatic rings. The first-order valence-electron chi connectivity index (χ1n) is 5.55. The van der Waals surface area contributed by atoms with E-state index < -0.39 is 34.6 Å². The van der Waals surface area contributed by atoms with Gasteiger partial charge in [0.2, 0.25) is 5.82 Å². The van der Waals surface area contributed by atoms with Gasteiger partial charge in [-0.05, 0) is 0 Å². The number of halogens is 5. The number of hydrogen-bond donors (Lipinski definition) is 0. The zero-order valence-corrected chi connectivity index (χ0v) is 10.7. The highest BCUT2D eigenvalue weighted by molar-refractivity contribution is 6.36. The molecule has 0 aromatic heterocycles. The third-order valence-electron chi connectivity index (χ3n) is 3.01. The third kappa shape index (κ3) is 1.73. The van der Waals surface area contributed by atoms with Crippen LogP contribution < -0.4 is 0 Å². The van der Waals surface area contributed by atoms with Crippen molar-refractivity contribution in [1.29, 1.82) is 0 Å². The van der Waals surface area contributed by atoms with Gasteiger partial charge in [0.1, 0.15) is 5.76 Å². The molecule has 20 heavy (non-hydrogen) atoms. The molecule has 102 valence electrons. The van der Waals surface area contributed by atoms with Crippen LogP contribution in [0, 0.1) is 29.1 Å². The Hall–Kier alpha value is -1.89. The third-order valence-corrected chi connectivity index (χ3v) is 4.09. The summed E-state index contributed by atoms with van der Waals surface area (Å²) in [5, 5.41) is 0. The van der Waals surface area contributed by atoms with Gasteiger partial charge in [0.15, 0.2) is 23.3 Å². The van der Waals surface area contributed by atoms with Crippen LogP contribution in [0.1, 0.15) is 5.56 Å². The molecule has 0 amide bonds. The van der Waals surface area contributed by atoms with Crippen LogP contribution in [-0.4, -0.2) is 9.76 Å². The standard InChI is InChI=1S/C13H5F5OSi/c14-8-7(9(15)11(17)12(18)10(8)16)13-5-3-1-2-4-6(5)20-19-13/h1-4,6H. The van der Waals surface area contributed by atoms with E-state index in [0.717, 1.165) is 0 Å². The Morgan fingerprint density at radius 3 is 2.10 bits per heavy atom. The highest BCUT2D eigenvalue weighted by atomic mass is 28.2. The Morgan fingerprint density at radius 2 is 1.45 bits per heavy atom. The van der Waals surface area contributed by atoms with Gasteiger partial charge < -0.3 is 4.43 Å². The molecule has 1 aliphatic heterocycles. The average Bonchev–Trinajstić information content (AvgIpc) is 2.87. The van der Waals surface area contributed by atoms with Crippen LogP contribution in [0.15, 0.2) is 29.9 Å². The lowest BCUT2D eigenvalue weighted by Crippen LogP contribution is -2.07. The first-order chi connectivity index (χ1) is 9.52. The Kier molecular flexibility index (Phi) is 3.01. The smallest absolute Gasteiger partial charge is 0.323 e. The predicted molar refractivity (Wildman–Crippen MR) is 62.0 cm³/mol. The first-order valence-corrected chi connectivity index (χ1v) is 6.54. The lowest BCUT2D eigenvalue weighted by atomic mass is 10.0. The first kappa shape index (κ1) is 13.1. The second-order valence-corrected chi connectivity index (χ2v) is 5.23. The number of hydrogen-bond acceptors (Lipinski definition) is 1. The minimum Gasteiger partial charge on any atom is -0.539 e. The quantitative estimate of drug-likeness (QED) is 0.333. The second-order valence-electron chi connectivity index (χ2n) is 4.17. The Morgan fingerprint density at radius 1 is 0.850 bits per heavy atom. The van der Waals surface area contributed by atoms with Crippen LogP contribution in [0.4, 0.5) is 22.0 Å². The Bertz CT molecular complexity index is 663. The van der Waals surface area contributed by atoms with Crippen LogP contribution in [0.2, 0.25) is 5.54 Å². The van der Waals surface area contributed by atoms with Gasteiger partial charge in [-0.2, -0.15) is 0 Å². The molecule has 0 saturated heterocycles. The van der Waals surface area contributed by atoms with E-state index in [2.05, 4.69) is 0 Å². The molecule has 2 radical (unpaired) electrons. The van der Waals surface area contributed by atoms with Crippen LogP contribution in [0.3, 0.4) is 0 Å². The lowest BCUT2D eigenvalue weighted by Gasteiger charge is -2.11. The van der Waals surface area contributed by atoms with E-state index in [4.69, 9.17) is 4.43 Å². The van der Waals surface area contributed by atoms with E-state index in [1.165, 1.54) is 6.08 Å². The van der Waals surface area contributed by atoms with E-state index in [0.29, 0.717) is 5.57 Å². The fraction of sp³-hybridized carbons (Fsp3) is 0.0769. The summed E-state index contributed by atoms with van der Waals surface area (Å²) in [5.74, 6) is -10.2. The summed E-state index contributed by atoms with van der Waals surface area (Å²) >= 11 is 0. The Balaban J connectivity index is 2.27. The summed E-state index contributed by atoms with van der Waals surface area (Å²) in [6.45, 7) is 0. The molecule has 0 bridgehead atoms. The normalized spacial score (nSPS) is 20.4. The topological polar surface area (TPSA) is 9.23 Å². The zero-order valence-electron chi connectivity index (χ0n) is 9.68. The number of fused-ring (bicyclic) bond motifs is 1. The van der Waals surface area contributed by atoms with Crippen LogP contribution in [-0.2, 0) is 4.43 Å². The van der Waals surface area contributed by atoms with Crippen molar-refractivity contribution in [1.82, 2.24) is 0 Å². The molecule has 1 unspecified atom stereocenters. The van der Waals surface area contributed by atoms with Crippen molar-refractivity contribution in [2.75, 3.05) is 0 Å². The van der Waals surface area contributed by atoms with Crippen molar-refractivity contribution >= 4 is 15.5 Å². The van der Waals surface area contributed by atoms with Crippen molar-refractivity contribution in [3.8, 4) is 0 Å². The average molecular weight is 300 g/mol. The molecule has 1 nitrogen and oxygen atoms in total. The molecule has 1 heterocycles. The molecule has 1 aromatic carbocycles. The van der Waals surface area contributed by atoms with Gasteiger partial charge in [-0.25, -0.2) is 22.0 Å². The summed E-state index contributed by atoms with van der Waals surface area (Å²) in [6.07, 6.45) is 6.62. The fourth-order valence-electron chi connectivity index (χ4n) is 2.04. The number of allylic oxidation sites excluding steroid dienone is 5. The van der Waals surface area contributed by atoms with Crippen molar-refractivity contribution in [3.63, 3.8) is 0 Å². The lowest BCUT2D eigenvalue weighted by molar-refractivity contribution is 0.372. The van der Waals surface area contributed by atoms with E-state index in [9.17, 15) is 22.0 Å². The molecule has 3 rings (SSSR count). The fourth-order valence-corrected chi connectivity index (χ4v) is 3.05. The maximum absolute atomic E-state index is 13.7. The Labute approximate surface area is 113 Å². The van der Waals surface area contributed by atoms with Crippen LogP contribution in [0.25, 0.3) is 5.76 Å². The van der Waals surface area contributed by atoms with Crippen molar-refractivity contribution < 1.29 is 26.4 Å². The summed E-state index contributed by atoms with van der Waals surface area (Å²) in [4.78, 5) is 0. The number of benzene rings is 1. The molecule has 0 spiro atoms. The molecular formula is C13H5F5OSi. The second kappa shape index (κ2) is 4.59. The summed E-state index contributed by atoms with van der Waals surface area (Å²) < 4.78 is 72.1. The van der Waals surface area contributed by atoms with Crippen LogP contribution >= 0.6 is 0 Å². The minimum atomic E-state index is -2.18. The maximum Gasteiger partial charge on any atom is 0.323 e. The van der Waals surface area contributed by atoms with Gasteiger partial charge in [-0.15, -0.1) is 0 Å². The zero-order chi connectivity index (χ0) is 14.4. The highest BCUT2D eigenvalue weighted by Gasteiger charge is 2.35. The van der Waals surface area contributed by atoms with E-state index in [-0.39, 0.29) is 21.1 Å². The minimum absolute atomic E-state index is 0.157. The molecule has 0 saturated carbocycles.